The van der Waals surface area contributed by atoms with Crippen molar-refractivity contribution in [3.05, 3.63) is 70.4 Å². The van der Waals surface area contributed by atoms with Crippen LogP contribution in [0.25, 0.3) is 4.91 Å². The highest BCUT2D eigenvalue weighted by molar-refractivity contribution is 8.08. The highest BCUT2D eigenvalue weighted by Gasteiger charge is 2.29. The van der Waals surface area contributed by atoms with Gasteiger partial charge in [0, 0.05) is 29.4 Å². The number of hydrogen-bond donors (Lipinski definition) is 2. The van der Waals surface area contributed by atoms with Crippen LogP contribution in [0.5, 0.6) is 5.75 Å². The summed E-state index contributed by atoms with van der Waals surface area (Å²) >= 11 is 1.67. The topological polar surface area (TPSA) is 101 Å². The second kappa shape index (κ2) is 11.7. The lowest BCUT2D eigenvalue weighted by molar-refractivity contribution is 0.0525. The number of nitrogens with two attached hydrogens (primary N) is 1. The first-order valence-corrected chi connectivity index (χ1v) is 13.3. The molecule has 1 heterocycles. The van der Waals surface area contributed by atoms with Gasteiger partial charge in [-0.3, -0.25) is 0 Å². The first kappa shape index (κ1) is 25.9. The Morgan fingerprint density at radius 3 is 2.75 bits per heavy atom. The van der Waals surface area contributed by atoms with Crippen molar-refractivity contribution >= 4 is 22.7 Å². The zero-order chi connectivity index (χ0) is 25.7. The van der Waals surface area contributed by atoms with Crippen molar-refractivity contribution in [2.75, 3.05) is 26.3 Å². The average Bonchev–Trinajstić information content (AvgIpc) is 3.30. The number of morpholine rings is 1. The number of nitriles is 1. The van der Waals surface area contributed by atoms with Gasteiger partial charge in [0.15, 0.2) is 0 Å². The summed E-state index contributed by atoms with van der Waals surface area (Å²) in [6.07, 6.45) is 3.41. The number of ether oxygens (including phenoxy) is 2. The second-order valence-corrected chi connectivity index (χ2v) is 10.7. The van der Waals surface area contributed by atoms with Crippen LogP contribution < -0.4 is 15.8 Å². The molecule has 0 radical (unpaired) electrons. The number of thioether (sulfide) groups is 1. The average molecular weight is 507 g/mol. The first-order valence-electron chi connectivity index (χ1n) is 12.5. The summed E-state index contributed by atoms with van der Waals surface area (Å²) in [5.74, 6) is 0.606. The molecule has 4 rings (SSSR count). The summed E-state index contributed by atoms with van der Waals surface area (Å²) in [7, 11) is 0. The van der Waals surface area contributed by atoms with Crippen LogP contribution in [-0.4, -0.2) is 43.3 Å². The molecule has 2 atom stereocenters. The van der Waals surface area contributed by atoms with Crippen LogP contribution in [0.15, 0.2) is 42.6 Å². The molecule has 1 aliphatic carbocycles. The molecule has 1 saturated heterocycles. The van der Waals surface area contributed by atoms with Gasteiger partial charge in [0.25, 0.3) is 0 Å². The van der Waals surface area contributed by atoms with Gasteiger partial charge < -0.3 is 25.4 Å². The molecule has 2 unspecified atom stereocenters. The van der Waals surface area contributed by atoms with Crippen LogP contribution in [0.2, 0.25) is 0 Å². The van der Waals surface area contributed by atoms with E-state index in [0.29, 0.717) is 37.6 Å². The Hall–Kier alpha value is -3.15. The molecule has 2 aromatic rings. The van der Waals surface area contributed by atoms with Crippen molar-refractivity contribution < 1.29 is 14.3 Å². The number of nitrogens with one attached hydrogen (secondary N) is 1. The highest BCUT2D eigenvalue weighted by Crippen LogP contribution is 2.44. The number of hydrogen-bond acceptors (Lipinski definition) is 6. The van der Waals surface area contributed by atoms with E-state index in [4.69, 9.17) is 15.2 Å². The molecule has 2 aromatic carbocycles. The number of rotatable bonds is 7. The summed E-state index contributed by atoms with van der Waals surface area (Å²) < 4.78 is 11.1. The van der Waals surface area contributed by atoms with E-state index in [0.717, 1.165) is 34.4 Å². The van der Waals surface area contributed by atoms with E-state index in [2.05, 4.69) is 30.4 Å². The van der Waals surface area contributed by atoms with Gasteiger partial charge in [-0.2, -0.15) is 5.26 Å². The number of carbonyl (C=O) groups is 1. The summed E-state index contributed by atoms with van der Waals surface area (Å²) in [6.45, 7) is 8.43. The molecular formula is C28H34N4O3S. The molecule has 2 aliphatic rings. The maximum absolute atomic E-state index is 12.8. The maximum atomic E-state index is 12.8. The van der Waals surface area contributed by atoms with Crippen LogP contribution in [0.3, 0.4) is 0 Å². The van der Waals surface area contributed by atoms with Crippen LogP contribution >= 0.6 is 11.8 Å². The van der Waals surface area contributed by atoms with E-state index >= 15 is 0 Å². The van der Waals surface area contributed by atoms with E-state index in [-0.39, 0.29) is 23.4 Å². The molecule has 0 saturated carbocycles. The number of fused-ring (bicyclic) bond motifs is 1. The Kier molecular flexibility index (Phi) is 8.44. The van der Waals surface area contributed by atoms with Gasteiger partial charge >= 0.3 is 6.03 Å². The molecule has 1 aliphatic heterocycles. The minimum absolute atomic E-state index is 0.00387. The third-order valence-corrected chi connectivity index (χ3v) is 7.78. The van der Waals surface area contributed by atoms with Gasteiger partial charge in [-0.05, 0) is 68.0 Å². The summed E-state index contributed by atoms with van der Waals surface area (Å²) in [4.78, 5) is 15.6. The lowest BCUT2D eigenvalue weighted by Crippen LogP contribution is -2.46. The van der Waals surface area contributed by atoms with E-state index in [1.54, 1.807) is 18.0 Å². The molecule has 36 heavy (non-hydrogen) atoms. The van der Waals surface area contributed by atoms with Gasteiger partial charge in [-0.25, -0.2) is 4.79 Å². The first-order chi connectivity index (χ1) is 17.4. The third-order valence-electron chi connectivity index (χ3n) is 6.54. The Bertz CT molecular complexity index is 1170. The van der Waals surface area contributed by atoms with Crippen LogP contribution in [0.4, 0.5) is 4.79 Å². The van der Waals surface area contributed by atoms with E-state index < -0.39 is 0 Å². The standard InChI is InChI=1S/C28H34N4O3S/c1-18(2)35-26-10-7-20(15-21(26)16-29)19(3)36-27(17-30)24-6-4-5-23-22(24)8-9-25(23)31-28(33)32-11-13-34-14-12-32/h4-7,10,15,17-19,25H,8-9,11-14,30H2,1-3H3,(H,31,33)/b27-17-. The smallest absolute Gasteiger partial charge is 0.318 e. The summed E-state index contributed by atoms with van der Waals surface area (Å²) in [6, 6.07) is 14.2. The van der Waals surface area contributed by atoms with Crippen molar-refractivity contribution in [2.24, 2.45) is 5.73 Å². The molecule has 8 heteroatoms. The van der Waals surface area contributed by atoms with Gasteiger partial charge in [0.1, 0.15) is 11.8 Å². The monoisotopic (exact) mass is 506 g/mol. The zero-order valence-electron chi connectivity index (χ0n) is 21.1. The molecule has 7 nitrogen and oxygen atoms in total. The molecule has 1 fully saturated rings. The predicted molar refractivity (Wildman–Crippen MR) is 144 cm³/mol. The SMILES string of the molecule is CC(C)Oc1ccc(C(C)S/C(=C\N)c2cccc3c2CCC3NC(=O)N2CCOCC2)cc1C#N. The fourth-order valence-electron chi connectivity index (χ4n) is 4.74. The Morgan fingerprint density at radius 1 is 1.28 bits per heavy atom. The van der Waals surface area contributed by atoms with Crippen molar-refractivity contribution in [1.29, 1.82) is 5.26 Å². The van der Waals surface area contributed by atoms with Crippen LogP contribution in [0.1, 0.15) is 66.3 Å². The fraction of sp³-hybridized carbons (Fsp3) is 0.429. The Balaban J connectivity index is 1.50. The molecule has 0 aromatic heterocycles. The number of carbonyl (C=O) groups excluding carboxylic acids is 1. The molecule has 0 bridgehead atoms. The molecular weight excluding hydrogens is 472 g/mol. The van der Waals surface area contributed by atoms with Crippen molar-refractivity contribution in [1.82, 2.24) is 10.2 Å². The van der Waals surface area contributed by atoms with Crippen LogP contribution in [-0.2, 0) is 11.2 Å². The zero-order valence-corrected chi connectivity index (χ0v) is 21.9. The molecule has 0 spiro atoms. The minimum atomic E-state index is -0.0302. The quantitative estimate of drug-likeness (QED) is 0.540. The van der Waals surface area contributed by atoms with Crippen molar-refractivity contribution in [3.63, 3.8) is 0 Å². The number of urea groups is 1. The number of benzene rings is 2. The largest absolute Gasteiger partial charge is 0.490 e. The molecule has 2 amide bonds. The van der Waals surface area contributed by atoms with Crippen molar-refractivity contribution in [3.8, 4) is 11.8 Å². The highest BCUT2D eigenvalue weighted by atomic mass is 32.2. The van der Waals surface area contributed by atoms with E-state index in [1.165, 1.54) is 5.56 Å². The molecule has 3 N–H and O–H groups in total. The van der Waals surface area contributed by atoms with Crippen LogP contribution in [0, 0.1) is 11.3 Å². The summed E-state index contributed by atoms with van der Waals surface area (Å²) in [5, 5.41) is 12.9. The minimum Gasteiger partial charge on any atom is -0.490 e. The van der Waals surface area contributed by atoms with Crippen molar-refractivity contribution in [2.45, 2.75) is 51.0 Å². The van der Waals surface area contributed by atoms with E-state index in [9.17, 15) is 10.1 Å². The van der Waals surface area contributed by atoms with Gasteiger partial charge in [0.2, 0.25) is 0 Å². The maximum Gasteiger partial charge on any atom is 0.318 e. The molecule has 190 valence electrons. The van der Waals surface area contributed by atoms with E-state index in [1.807, 2.05) is 43.0 Å². The summed E-state index contributed by atoms with van der Waals surface area (Å²) in [5.41, 5.74) is 11.2. The third kappa shape index (κ3) is 5.80. The Morgan fingerprint density at radius 2 is 2.06 bits per heavy atom. The van der Waals surface area contributed by atoms with Gasteiger partial charge in [-0.15, -0.1) is 11.8 Å². The normalized spacial score (nSPS) is 18.5. The number of nitrogens with zero attached hydrogens (tertiary/aromatic N) is 2. The predicted octanol–water partition coefficient (Wildman–Crippen LogP) is 5.13. The lowest BCUT2D eigenvalue weighted by Gasteiger charge is -2.28. The fourth-order valence-corrected chi connectivity index (χ4v) is 5.80. The Labute approximate surface area is 217 Å². The number of amides is 2. The second-order valence-electron chi connectivity index (χ2n) is 9.34. The van der Waals surface area contributed by atoms with Gasteiger partial charge in [0.05, 0.1) is 30.9 Å². The lowest BCUT2D eigenvalue weighted by atomic mass is 10.0. The van der Waals surface area contributed by atoms with Gasteiger partial charge in [-0.1, -0.05) is 24.3 Å².